The zero-order valence-corrected chi connectivity index (χ0v) is 40.5. The molecule has 0 amide bonds. The molecule has 354 valence electrons. The molecule has 6 nitrogen and oxygen atoms in total. The Morgan fingerprint density at radius 1 is 0.317 bits per heavy atom. The third-order valence-corrected chi connectivity index (χ3v) is 12.0. The number of hydrogen-bond donors (Lipinski definition) is 0. The molecule has 0 N–H and O–H groups in total. The summed E-state index contributed by atoms with van der Waals surface area (Å²) in [4.78, 5) is 37.8. The summed E-state index contributed by atoms with van der Waals surface area (Å²) in [6.45, 7) is 6.61. The average molecular weight is 847 g/mol. The minimum Gasteiger partial charge on any atom is -0.462 e. The van der Waals surface area contributed by atoms with Gasteiger partial charge >= 0.3 is 17.9 Å². The molecule has 60 heavy (non-hydrogen) atoms. The molecule has 0 aliphatic heterocycles. The van der Waals surface area contributed by atoms with Gasteiger partial charge in [0.15, 0.2) is 6.10 Å². The number of esters is 3. The van der Waals surface area contributed by atoms with Crippen LogP contribution < -0.4 is 0 Å². The molecule has 1 atom stereocenters. The monoisotopic (exact) mass is 847 g/mol. The van der Waals surface area contributed by atoms with E-state index in [4.69, 9.17) is 14.2 Å². The molecule has 0 aromatic rings. The van der Waals surface area contributed by atoms with E-state index in [1.807, 2.05) is 0 Å². The Kier molecular flexibility index (Phi) is 48.3. The van der Waals surface area contributed by atoms with Crippen molar-refractivity contribution in [3.8, 4) is 0 Å². The van der Waals surface area contributed by atoms with Crippen LogP contribution in [0.1, 0.15) is 297 Å². The van der Waals surface area contributed by atoms with Gasteiger partial charge in [-0.25, -0.2) is 0 Å². The van der Waals surface area contributed by atoms with Crippen molar-refractivity contribution in [3.63, 3.8) is 0 Å². The molecule has 0 aromatic carbocycles. The quantitative estimate of drug-likeness (QED) is 0.0263. The first-order chi connectivity index (χ1) is 29.5. The Morgan fingerprint density at radius 3 is 0.883 bits per heavy atom. The summed E-state index contributed by atoms with van der Waals surface area (Å²) in [5.74, 6) is -0.865. The van der Waals surface area contributed by atoms with Crippen LogP contribution in [0.5, 0.6) is 0 Å². The number of hydrogen-bond acceptors (Lipinski definition) is 6. The lowest BCUT2D eigenvalue weighted by Gasteiger charge is -2.18. The molecular weight excluding hydrogens is 745 g/mol. The fourth-order valence-electron chi connectivity index (χ4n) is 7.95. The molecule has 0 aromatic heterocycles. The van der Waals surface area contributed by atoms with E-state index in [1.54, 1.807) is 0 Å². The number of allylic oxidation sites excluding steroid dienone is 2. The molecule has 0 aliphatic carbocycles. The first-order valence-corrected chi connectivity index (χ1v) is 26.7. The summed E-state index contributed by atoms with van der Waals surface area (Å²) >= 11 is 0. The second kappa shape index (κ2) is 49.8. The molecular formula is C54H102O6. The van der Waals surface area contributed by atoms with Crippen molar-refractivity contribution in [3.05, 3.63) is 12.2 Å². The summed E-state index contributed by atoms with van der Waals surface area (Å²) in [7, 11) is 0. The smallest absolute Gasteiger partial charge is 0.306 e. The highest BCUT2D eigenvalue weighted by atomic mass is 16.6. The number of rotatable bonds is 49. The van der Waals surface area contributed by atoms with E-state index in [2.05, 4.69) is 32.9 Å². The molecule has 6 heteroatoms. The van der Waals surface area contributed by atoms with Gasteiger partial charge in [-0.1, -0.05) is 251 Å². The van der Waals surface area contributed by atoms with Crippen molar-refractivity contribution in [1.29, 1.82) is 0 Å². The summed E-state index contributed by atoms with van der Waals surface area (Å²) in [5.41, 5.74) is 0. The van der Waals surface area contributed by atoms with Crippen molar-refractivity contribution in [1.82, 2.24) is 0 Å². The first-order valence-electron chi connectivity index (χ1n) is 26.7. The van der Waals surface area contributed by atoms with Gasteiger partial charge in [0.2, 0.25) is 0 Å². The fourth-order valence-corrected chi connectivity index (χ4v) is 7.95. The second-order valence-corrected chi connectivity index (χ2v) is 18.2. The number of unbranched alkanes of at least 4 members (excludes halogenated alkanes) is 36. The normalized spacial score (nSPS) is 12.0. The summed E-state index contributed by atoms with van der Waals surface area (Å²) in [5, 5.41) is 0. The van der Waals surface area contributed by atoms with Gasteiger partial charge in [0, 0.05) is 19.3 Å². The van der Waals surface area contributed by atoms with Crippen molar-refractivity contribution in [2.75, 3.05) is 13.2 Å². The molecule has 0 rings (SSSR count). The predicted molar refractivity (Wildman–Crippen MR) is 256 cm³/mol. The van der Waals surface area contributed by atoms with E-state index >= 15 is 0 Å². The highest BCUT2D eigenvalue weighted by Gasteiger charge is 2.19. The van der Waals surface area contributed by atoms with Crippen LogP contribution in [0.3, 0.4) is 0 Å². The molecule has 0 bridgehead atoms. The van der Waals surface area contributed by atoms with E-state index in [9.17, 15) is 14.4 Å². The largest absolute Gasteiger partial charge is 0.462 e. The van der Waals surface area contributed by atoms with E-state index < -0.39 is 6.10 Å². The zero-order valence-electron chi connectivity index (χ0n) is 40.5. The van der Waals surface area contributed by atoms with Crippen molar-refractivity contribution >= 4 is 17.9 Å². The molecule has 0 spiro atoms. The third-order valence-electron chi connectivity index (χ3n) is 12.0. The van der Waals surface area contributed by atoms with Crippen LogP contribution in [-0.4, -0.2) is 37.2 Å². The highest BCUT2D eigenvalue weighted by molar-refractivity contribution is 5.71. The zero-order chi connectivity index (χ0) is 43.7. The molecule has 0 fully saturated rings. The summed E-state index contributed by atoms with van der Waals surface area (Å²) in [6, 6.07) is 0. The Morgan fingerprint density at radius 2 is 0.567 bits per heavy atom. The van der Waals surface area contributed by atoms with Crippen LogP contribution in [0.4, 0.5) is 0 Å². The molecule has 0 saturated carbocycles. The maximum absolute atomic E-state index is 12.7. The maximum atomic E-state index is 12.7. The van der Waals surface area contributed by atoms with Crippen molar-refractivity contribution in [2.45, 2.75) is 303 Å². The fraction of sp³-hybridized carbons (Fsp3) is 0.907. The van der Waals surface area contributed by atoms with Crippen molar-refractivity contribution in [2.24, 2.45) is 0 Å². The van der Waals surface area contributed by atoms with Gasteiger partial charge in [0.05, 0.1) is 0 Å². The highest BCUT2D eigenvalue weighted by Crippen LogP contribution is 2.17. The van der Waals surface area contributed by atoms with Crippen LogP contribution in [-0.2, 0) is 28.6 Å². The van der Waals surface area contributed by atoms with Gasteiger partial charge in [-0.15, -0.1) is 0 Å². The summed E-state index contributed by atoms with van der Waals surface area (Å²) in [6.07, 6.45) is 55.0. The number of ether oxygens (including phenoxy) is 3. The third kappa shape index (κ3) is 47.2. The molecule has 0 heterocycles. The van der Waals surface area contributed by atoms with Crippen LogP contribution in [0.25, 0.3) is 0 Å². The van der Waals surface area contributed by atoms with E-state index in [0.717, 1.165) is 64.2 Å². The molecule has 0 saturated heterocycles. The van der Waals surface area contributed by atoms with E-state index in [1.165, 1.54) is 193 Å². The van der Waals surface area contributed by atoms with Gasteiger partial charge in [-0.05, 0) is 38.5 Å². The lowest BCUT2D eigenvalue weighted by molar-refractivity contribution is -0.167. The second-order valence-electron chi connectivity index (χ2n) is 18.2. The van der Waals surface area contributed by atoms with Gasteiger partial charge < -0.3 is 14.2 Å². The van der Waals surface area contributed by atoms with Crippen molar-refractivity contribution < 1.29 is 28.6 Å². The lowest BCUT2D eigenvalue weighted by atomic mass is 10.0. The molecule has 0 aliphatic rings. The van der Waals surface area contributed by atoms with Crippen LogP contribution >= 0.6 is 0 Å². The Labute approximate surface area is 373 Å². The standard InChI is InChI=1S/C54H102O6/c1-4-7-10-13-16-19-21-22-23-24-25-26-27-28-29-30-31-33-35-38-41-44-47-53(56)59-50-51(49-58-52(55)46-43-40-37-34-18-15-12-9-6-3)60-54(57)48-45-42-39-36-32-20-17-14-11-8-5-2/h14,17,51H,4-13,15-16,18-50H2,1-3H3/b17-14-. The lowest BCUT2D eigenvalue weighted by Crippen LogP contribution is -2.30. The molecule has 1 unspecified atom stereocenters. The minimum absolute atomic E-state index is 0.0685. The van der Waals surface area contributed by atoms with Gasteiger partial charge in [-0.3, -0.25) is 14.4 Å². The Hall–Kier alpha value is -1.85. The Balaban J connectivity index is 4.14. The SMILES string of the molecule is CCCC/C=C\CCCCCCCC(=O)OC(COC(=O)CCCCCCCCCCC)COC(=O)CCCCCCCCCCCCCCCCCCCCCCCC. The molecule has 0 radical (unpaired) electrons. The van der Waals surface area contributed by atoms with E-state index in [-0.39, 0.29) is 31.1 Å². The average Bonchev–Trinajstić information content (AvgIpc) is 3.24. The topological polar surface area (TPSA) is 78.9 Å². The van der Waals surface area contributed by atoms with Crippen LogP contribution in [0, 0.1) is 0 Å². The Bertz CT molecular complexity index is 931. The minimum atomic E-state index is -0.766. The van der Waals surface area contributed by atoms with Crippen LogP contribution in [0.2, 0.25) is 0 Å². The van der Waals surface area contributed by atoms with Gasteiger partial charge in [0.25, 0.3) is 0 Å². The number of carbonyl (C=O) groups is 3. The predicted octanol–water partition coefficient (Wildman–Crippen LogP) is 17.4. The first kappa shape index (κ1) is 58.1. The van der Waals surface area contributed by atoms with Crippen LogP contribution in [0.15, 0.2) is 12.2 Å². The van der Waals surface area contributed by atoms with Gasteiger partial charge in [-0.2, -0.15) is 0 Å². The maximum Gasteiger partial charge on any atom is 0.306 e. The van der Waals surface area contributed by atoms with E-state index in [0.29, 0.717) is 19.3 Å². The van der Waals surface area contributed by atoms with Gasteiger partial charge in [0.1, 0.15) is 13.2 Å². The number of carbonyl (C=O) groups excluding carboxylic acids is 3. The summed E-state index contributed by atoms with van der Waals surface area (Å²) < 4.78 is 16.8.